The van der Waals surface area contributed by atoms with Crippen molar-refractivity contribution in [2.24, 2.45) is 0 Å². The molecule has 0 aromatic heterocycles. The normalized spacial score (nSPS) is 16.0. The van der Waals surface area contributed by atoms with Crippen molar-refractivity contribution in [3.63, 3.8) is 0 Å². The maximum atomic E-state index is 14.3. The Bertz CT molecular complexity index is 1320. The molecular formula is C19H16F25NO4S. The maximum Gasteiger partial charge on any atom is 0.460 e. The van der Waals surface area contributed by atoms with E-state index in [2.05, 4.69) is 4.74 Å². The highest BCUT2D eigenvalue weighted by Crippen LogP contribution is 2.68. The maximum absolute atomic E-state index is 14.3. The zero-order valence-corrected chi connectivity index (χ0v) is 23.4. The first-order valence-electron chi connectivity index (χ1n) is 11.3. The van der Waals surface area contributed by atoms with Crippen molar-refractivity contribution in [1.82, 2.24) is 4.31 Å². The molecule has 0 atom stereocenters. The SMILES string of the molecule is C.CCOC(=O)CN(CC)S(=O)(=O)C(F)(F)C(F)(F)C(F)(F)C(F)(F)C(F)(F)C(F)(F)C(F)(F)C(F)(F)C(F)(F)C(F)(F)C(F)(F)C(F)(F)F. The van der Waals surface area contributed by atoms with E-state index in [0.717, 1.165) is 6.92 Å². The number of rotatable bonds is 16. The van der Waals surface area contributed by atoms with E-state index in [0.29, 0.717) is 0 Å². The van der Waals surface area contributed by atoms with Gasteiger partial charge in [-0.15, -0.1) is 0 Å². The number of sulfonamides is 1. The summed E-state index contributed by atoms with van der Waals surface area (Å²) in [4.78, 5) is 11.3. The van der Waals surface area contributed by atoms with Gasteiger partial charge in [-0.2, -0.15) is 114 Å². The van der Waals surface area contributed by atoms with Crippen LogP contribution in [0.1, 0.15) is 21.3 Å². The predicted octanol–water partition coefficient (Wildman–Crippen LogP) is 8.35. The van der Waals surface area contributed by atoms with Crippen LogP contribution in [0.25, 0.3) is 0 Å². The molecule has 5 nitrogen and oxygen atoms in total. The predicted molar refractivity (Wildman–Crippen MR) is 110 cm³/mol. The van der Waals surface area contributed by atoms with Gasteiger partial charge in [-0.1, -0.05) is 14.4 Å². The largest absolute Gasteiger partial charge is 0.465 e. The number of alkyl halides is 25. The monoisotopic (exact) mass is 829 g/mol. The van der Waals surface area contributed by atoms with Gasteiger partial charge < -0.3 is 4.74 Å². The lowest BCUT2D eigenvalue weighted by Gasteiger charge is -2.45. The van der Waals surface area contributed by atoms with Gasteiger partial charge in [0.1, 0.15) is 6.54 Å². The molecule has 0 bridgehead atoms. The van der Waals surface area contributed by atoms with Crippen molar-refractivity contribution in [1.29, 1.82) is 0 Å². The van der Waals surface area contributed by atoms with E-state index in [1.165, 1.54) is 0 Å². The third-order valence-electron chi connectivity index (χ3n) is 5.90. The van der Waals surface area contributed by atoms with Gasteiger partial charge in [-0.3, -0.25) is 4.79 Å². The number of likely N-dealkylation sites (N-methyl/N-ethyl adjacent to an activating group) is 1. The Morgan fingerprint density at radius 1 is 0.480 bits per heavy atom. The second kappa shape index (κ2) is 13.2. The lowest BCUT2D eigenvalue weighted by molar-refractivity contribution is -0.480. The van der Waals surface area contributed by atoms with E-state index >= 15 is 0 Å². The summed E-state index contributed by atoms with van der Waals surface area (Å²) < 4.78 is 365. The Hall–Kier alpha value is -2.37. The van der Waals surface area contributed by atoms with E-state index in [-0.39, 0.29) is 14.4 Å². The van der Waals surface area contributed by atoms with E-state index in [1.807, 2.05) is 0 Å². The number of nitrogens with zero attached hydrogens (tertiary/aromatic N) is 1. The molecule has 0 radical (unpaired) electrons. The molecule has 0 saturated heterocycles. The average Bonchev–Trinajstić information content (AvgIpc) is 2.89. The average molecular weight is 829 g/mol. The van der Waals surface area contributed by atoms with Gasteiger partial charge in [0.25, 0.3) is 10.0 Å². The highest BCUT2D eigenvalue weighted by Gasteiger charge is 3.00. The molecule has 0 aliphatic rings. The minimum absolute atomic E-state index is 0. The number of carbonyl (C=O) groups excluding carboxylic acids is 1. The highest BCUT2D eigenvalue weighted by molar-refractivity contribution is 7.90. The first-order valence-corrected chi connectivity index (χ1v) is 12.7. The van der Waals surface area contributed by atoms with Crippen LogP contribution in [-0.4, -0.2) is 109 Å². The van der Waals surface area contributed by atoms with Gasteiger partial charge in [0.05, 0.1) is 6.61 Å². The summed E-state index contributed by atoms with van der Waals surface area (Å²) in [5.74, 6) is -96.2. The molecular weight excluding hydrogens is 813 g/mol. The molecule has 0 unspecified atom stereocenters. The topological polar surface area (TPSA) is 63.7 Å². The Labute approximate surface area is 260 Å². The molecule has 31 heteroatoms. The molecule has 50 heavy (non-hydrogen) atoms. The molecule has 0 spiro atoms. The fraction of sp³-hybridized carbons (Fsp3) is 0.947. The molecule has 0 heterocycles. The number of hydrogen-bond donors (Lipinski definition) is 0. The van der Waals surface area contributed by atoms with Gasteiger partial charge in [-0.05, 0) is 6.92 Å². The fourth-order valence-electron chi connectivity index (χ4n) is 2.98. The molecule has 0 aromatic carbocycles. The Balaban J connectivity index is 0. The second-order valence-electron chi connectivity index (χ2n) is 8.99. The zero-order chi connectivity index (χ0) is 40.5. The van der Waals surface area contributed by atoms with Crippen LogP contribution in [-0.2, 0) is 19.6 Å². The summed E-state index contributed by atoms with van der Waals surface area (Å²) in [6.45, 7) is -3.60. The van der Waals surface area contributed by atoms with Crippen LogP contribution >= 0.6 is 0 Å². The molecule has 0 aliphatic carbocycles. The summed E-state index contributed by atoms with van der Waals surface area (Å²) in [5, 5.41) is -8.09. The van der Waals surface area contributed by atoms with Crippen molar-refractivity contribution in [2.45, 2.75) is 91.9 Å². The van der Waals surface area contributed by atoms with Gasteiger partial charge >= 0.3 is 76.6 Å². The van der Waals surface area contributed by atoms with E-state index in [1.54, 1.807) is 0 Å². The molecule has 0 saturated carbocycles. The second-order valence-corrected chi connectivity index (χ2v) is 11.0. The molecule has 0 amide bonds. The number of carbonyl (C=O) groups is 1. The third kappa shape index (κ3) is 6.25. The van der Waals surface area contributed by atoms with Gasteiger partial charge in [0, 0.05) is 6.54 Å². The van der Waals surface area contributed by atoms with Crippen molar-refractivity contribution in [3.8, 4) is 0 Å². The summed E-state index contributed by atoms with van der Waals surface area (Å²) in [5.41, 5.74) is 0. The quantitative estimate of drug-likeness (QED) is 0.116. The minimum atomic E-state index is -9.78. The molecule has 302 valence electrons. The molecule has 0 fully saturated rings. The first kappa shape index (κ1) is 49.7. The van der Waals surface area contributed by atoms with Crippen LogP contribution in [0.5, 0.6) is 0 Å². The number of esters is 1. The Morgan fingerprint density at radius 3 is 0.940 bits per heavy atom. The smallest absolute Gasteiger partial charge is 0.460 e. The summed E-state index contributed by atoms with van der Waals surface area (Å²) >= 11 is 0. The Morgan fingerprint density at radius 2 is 0.720 bits per heavy atom. The lowest BCUT2D eigenvalue weighted by Crippen LogP contribution is -2.78. The third-order valence-corrected chi connectivity index (χ3v) is 7.87. The first-order chi connectivity index (χ1) is 20.9. The summed E-state index contributed by atoms with van der Waals surface area (Å²) in [6, 6.07) is 0. The van der Waals surface area contributed by atoms with E-state index in [4.69, 9.17) is 0 Å². The van der Waals surface area contributed by atoms with Gasteiger partial charge in [0.15, 0.2) is 0 Å². The van der Waals surface area contributed by atoms with Gasteiger partial charge in [-0.25, -0.2) is 8.42 Å². The van der Waals surface area contributed by atoms with Crippen LogP contribution in [0.3, 0.4) is 0 Å². The molecule has 0 rings (SSSR count). The van der Waals surface area contributed by atoms with Crippen molar-refractivity contribution < 1.29 is 128 Å². The van der Waals surface area contributed by atoms with Crippen LogP contribution in [0, 0.1) is 0 Å². The standard InChI is InChI=1S/C18H12F25NO4S.CH4/c1-3-44(5-6(45)48-4-2)49(46,47)18(42,43)16(37,38)14(33,34)12(29,30)10(25,26)8(21,22)7(19,20)9(23,24)11(27,28)13(31,32)15(35,36)17(39,40)41;/h3-5H2,1-2H3;1H4. The molecule has 0 N–H and O–H groups in total. The van der Waals surface area contributed by atoms with Gasteiger partial charge in [0.2, 0.25) is 0 Å². The van der Waals surface area contributed by atoms with Crippen LogP contribution in [0.15, 0.2) is 0 Å². The summed E-state index contributed by atoms with van der Waals surface area (Å²) in [7, 11) is -7.87. The molecule has 0 aliphatic heterocycles. The van der Waals surface area contributed by atoms with Crippen LogP contribution in [0.4, 0.5) is 110 Å². The highest BCUT2D eigenvalue weighted by atomic mass is 32.2. The van der Waals surface area contributed by atoms with Crippen molar-refractivity contribution >= 4 is 16.0 Å². The summed E-state index contributed by atoms with van der Waals surface area (Å²) in [6.07, 6.45) is -8.24. The fourth-order valence-corrected chi connectivity index (χ4v) is 4.37. The number of halogens is 25. The van der Waals surface area contributed by atoms with Crippen molar-refractivity contribution in [3.05, 3.63) is 0 Å². The van der Waals surface area contributed by atoms with E-state index < -0.39 is 111 Å². The van der Waals surface area contributed by atoms with Crippen LogP contribution in [0.2, 0.25) is 0 Å². The molecule has 0 aromatic rings. The minimum Gasteiger partial charge on any atom is -0.465 e. The van der Waals surface area contributed by atoms with E-state index in [9.17, 15) is 123 Å². The lowest BCUT2D eigenvalue weighted by atomic mass is 9.85. The Kier molecular flexibility index (Phi) is 13.2. The number of hydrogen-bond acceptors (Lipinski definition) is 4. The van der Waals surface area contributed by atoms with Crippen molar-refractivity contribution in [2.75, 3.05) is 19.7 Å². The zero-order valence-electron chi connectivity index (χ0n) is 22.6. The van der Waals surface area contributed by atoms with Crippen LogP contribution < -0.4 is 0 Å². The number of ether oxygens (including phenoxy) is 1.